The van der Waals surface area contributed by atoms with Gasteiger partial charge in [0.05, 0.1) is 0 Å². The molecule has 1 aliphatic carbocycles. The van der Waals surface area contributed by atoms with Crippen LogP contribution in [0.5, 0.6) is 0 Å². The summed E-state index contributed by atoms with van der Waals surface area (Å²) in [4.78, 5) is 21.6. The predicted molar refractivity (Wildman–Crippen MR) is 51.8 cm³/mol. The summed E-state index contributed by atoms with van der Waals surface area (Å²) in [5.74, 6) is -0.154. The highest BCUT2D eigenvalue weighted by Gasteiger charge is 2.24. The van der Waals surface area contributed by atoms with Crippen molar-refractivity contribution >= 4 is 11.9 Å². The average Bonchev–Trinajstić information content (AvgIpc) is 2.83. The highest BCUT2D eigenvalue weighted by Crippen LogP contribution is 2.32. The Labute approximate surface area is 83.7 Å². The Morgan fingerprint density at radius 2 is 2.14 bits per heavy atom. The Hall–Kier alpha value is -1.06. The van der Waals surface area contributed by atoms with Crippen LogP contribution >= 0.6 is 0 Å². The SMILES string of the molecule is CC(CNC(=O)CC1CC1)CC(=O)O. The van der Waals surface area contributed by atoms with Crippen molar-refractivity contribution in [3.63, 3.8) is 0 Å². The van der Waals surface area contributed by atoms with Crippen LogP contribution in [0, 0.1) is 11.8 Å². The number of carbonyl (C=O) groups excluding carboxylic acids is 1. The van der Waals surface area contributed by atoms with Gasteiger partial charge in [0, 0.05) is 19.4 Å². The number of carboxylic acids is 1. The van der Waals surface area contributed by atoms with Gasteiger partial charge in [0.25, 0.3) is 0 Å². The number of carbonyl (C=O) groups is 2. The number of carboxylic acid groups (broad SMARTS) is 1. The normalized spacial score (nSPS) is 17.5. The monoisotopic (exact) mass is 199 g/mol. The third-order valence-corrected chi connectivity index (χ3v) is 2.34. The molecule has 0 radical (unpaired) electrons. The zero-order valence-electron chi connectivity index (χ0n) is 8.45. The van der Waals surface area contributed by atoms with Crippen LogP contribution in [0.25, 0.3) is 0 Å². The van der Waals surface area contributed by atoms with Crippen molar-refractivity contribution in [1.82, 2.24) is 5.32 Å². The minimum Gasteiger partial charge on any atom is -0.481 e. The van der Waals surface area contributed by atoms with Gasteiger partial charge < -0.3 is 10.4 Å². The molecule has 0 aromatic rings. The number of hydrogen-bond acceptors (Lipinski definition) is 2. The van der Waals surface area contributed by atoms with Crippen LogP contribution in [0.4, 0.5) is 0 Å². The molecule has 1 amide bonds. The van der Waals surface area contributed by atoms with E-state index < -0.39 is 5.97 Å². The Morgan fingerprint density at radius 1 is 1.50 bits per heavy atom. The predicted octanol–water partition coefficient (Wildman–Crippen LogP) is 1.01. The molecule has 14 heavy (non-hydrogen) atoms. The number of nitrogens with one attached hydrogen (secondary N) is 1. The first-order chi connectivity index (χ1) is 6.58. The van der Waals surface area contributed by atoms with Gasteiger partial charge in [-0.05, 0) is 24.7 Å². The quantitative estimate of drug-likeness (QED) is 0.671. The molecule has 1 aliphatic rings. The van der Waals surface area contributed by atoms with Crippen LogP contribution in [0.2, 0.25) is 0 Å². The lowest BCUT2D eigenvalue weighted by Crippen LogP contribution is -2.29. The van der Waals surface area contributed by atoms with Crippen LogP contribution in [0.1, 0.15) is 32.6 Å². The summed E-state index contributed by atoms with van der Waals surface area (Å²) >= 11 is 0. The molecule has 1 rings (SSSR count). The molecule has 0 spiro atoms. The van der Waals surface area contributed by atoms with Crippen LogP contribution in [0.15, 0.2) is 0 Å². The molecular weight excluding hydrogens is 182 g/mol. The zero-order chi connectivity index (χ0) is 10.6. The molecule has 0 aliphatic heterocycles. The van der Waals surface area contributed by atoms with Gasteiger partial charge in [-0.2, -0.15) is 0 Å². The highest BCUT2D eigenvalue weighted by atomic mass is 16.4. The molecule has 80 valence electrons. The fraction of sp³-hybridized carbons (Fsp3) is 0.800. The smallest absolute Gasteiger partial charge is 0.303 e. The third kappa shape index (κ3) is 4.84. The third-order valence-electron chi connectivity index (χ3n) is 2.34. The van der Waals surface area contributed by atoms with E-state index in [9.17, 15) is 9.59 Å². The maximum atomic E-state index is 11.2. The summed E-state index contributed by atoms with van der Waals surface area (Å²) in [5, 5.41) is 11.2. The average molecular weight is 199 g/mol. The summed E-state index contributed by atoms with van der Waals surface area (Å²) in [6.45, 7) is 2.30. The molecule has 4 nitrogen and oxygen atoms in total. The summed E-state index contributed by atoms with van der Waals surface area (Å²) in [7, 11) is 0. The van der Waals surface area contributed by atoms with Gasteiger partial charge >= 0.3 is 5.97 Å². The first kappa shape index (κ1) is 11.0. The Bertz CT molecular complexity index is 223. The molecule has 1 atom stereocenters. The second-order valence-corrected chi connectivity index (χ2v) is 4.15. The van der Waals surface area contributed by atoms with Crippen molar-refractivity contribution in [2.24, 2.45) is 11.8 Å². The van der Waals surface area contributed by atoms with E-state index in [4.69, 9.17) is 5.11 Å². The molecule has 2 N–H and O–H groups in total. The molecule has 1 unspecified atom stereocenters. The Morgan fingerprint density at radius 3 is 2.64 bits per heavy atom. The number of hydrogen-bond donors (Lipinski definition) is 2. The van der Waals surface area contributed by atoms with Gasteiger partial charge in [0.1, 0.15) is 0 Å². The summed E-state index contributed by atoms with van der Waals surface area (Å²) in [6, 6.07) is 0. The van der Waals surface area contributed by atoms with Crippen LogP contribution in [-0.2, 0) is 9.59 Å². The van der Waals surface area contributed by atoms with Gasteiger partial charge in [-0.25, -0.2) is 0 Å². The minimum absolute atomic E-state index is 0.00986. The highest BCUT2D eigenvalue weighted by molar-refractivity contribution is 5.76. The Balaban J connectivity index is 2.05. The zero-order valence-corrected chi connectivity index (χ0v) is 8.45. The molecular formula is C10H17NO3. The lowest BCUT2D eigenvalue weighted by molar-refractivity contribution is -0.138. The largest absolute Gasteiger partial charge is 0.481 e. The van der Waals surface area contributed by atoms with Crippen LogP contribution in [0.3, 0.4) is 0 Å². The van der Waals surface area contributed by atoms with Gasteiger partial charge in [-0.1, -0.05) is 6.92 Å². The van der Waals surface area contributed by atoms with E-state index >= 15 is 0 Å². The minimum atomic E-state index is -0.811. The second kappa shape index (κ2) is 4.98. The fourth-order valence-electron chi connectivity index (χ4n) is 1.31. The summed E-state index contributed by atoms with van der Waals surface area (Å²) in [5.41, 5.74) is 0. The van der Waals surface area contributed by atoms with E-state index in [-0.39, 0.29) is 18.2 Å². The van der Waals surface area contributed by atoms with Crippen LogP contribution < -0.4 is 5.32 Å². The van der Waals surface area contributed by atoms with Gasteiger partial charge in [0.2, 0.25) is 5.91 Å². The van der Waals surface area contributed by atoms with Crippen LogP contribution in [-0.4, -0.2) is 23.5 Å². The van der Waals surface area contributed by atoms with Crippen molar-refractivity contribution in [2.75, 3.05) is 6.54 Å². The van der Waals surface area contributed by atoms with Crippen molar-refractivity contribution in [2.45, 2.75) is 32.6 Å². The van der Waals surface area contributed by atoms with E-state index in [1.807, 2.05) is 6.92 Å². The van der Waals surface area contributed by atoms with Gasteiger partial charge in [-0.15, -0.1) is 0 Å². The first-order valence-electron chi connectivity index (χ1n) is 5.06. The van der Waals surface area contributed by atoms with Crippen molar-refractivity contribution in [3.8, 4) is 0 Å². The van der Waals surface area contributed by atoms with E-state index in [0.717, 1.165) is 12.8 Å². The van der Waals surface area contributed by atoms with E-state index in [0.29, 0.717) is 18.9 Å². The number of aliphatic carboxylic acids is 1. The maximum absolute atomic E-state index is 11.2. The number of amides is 1. The molecule has 0 bridgehead atoms. The standard InChI is InChI=1S/C10H17NO3/c1-7(4-10(13)14)6-11-9(12)5-8-2-3-8/h7-8H,2-6H2,1H3,(H,11,12)(H,13,14). The number of rotatable bonds is 6. The van der Waals surface area contributed by atoms with Gasteiger partial charge in [0.15, 0.2) is 0 Å². The van der Waals surface area contributed by atoms with Crippen molar-refractivity contribution < 1.29 is 14.7 Å². The molecule has 1 saturated carbocycles. The fourth-order valence-corrected chi connectivity index (χ4v) is 1.31. The van der Waals surface area contributed by atoms with E-state index in [1.54, 1.807) is 0 Å². The molecule has 4 heteroatoms. The van der Waals surface area contributed by atoms with E-state index in [2.05, 4.69) is 5.32 Å². The Kier molecular flexibility index (Phi) is 3.92. The van der Waals surface area contributed by atoms with Crippen molar-refractivity contribution in [1.29, 1.82) is 0 Å². The van der Waals surface area contributed by atoms with E-state index in [1.165, 1.54) is 0 Å². The molecule has 0 saturated heterocycles. The van der Waals surface area contributed by atoms with Gasteiger partial charge in [-0.3, -0.25) is 9.59 Å². The lowest BCUT2D eigenvalue weighted by Gasteiger charge is -2.09. The maximum Gasteiger partial charge on any atom is 0.303 e. The topological polar surface area (TPSA) is 66.4 Å². The molecule has 0 aromatic heterocycles. The first-order valence-corrected chi connectivity index (χ1v) is 5.06. The molecule has 0 aromatic carbocycles. The second-order valence-electron chi connectivity index (χ2n) is 4.15. The van der Waals surface area contributed by atoms with Crippen molar-refractivity contribution in [3.05, 3.63) is 0 Å². The molecule has 0 heterocycles. The summed E-state index contributed by atoms with van der Waals surface area (Å²) < 4.78 is 0. The lowest BCUT2D eigenvalue weighted by atomic mass is 10.1. The summed E-state index contributed by atoms with van der Waals surface area (Å²) in [6.07, 6.45) is 3.06. The molecule has 1 fully saturated rings.